The van der Waals surface area contributed by atoms with Gasteiger partial charge in [0.25, 0.3) is 0 Å². The molecule has 1 aromatic rings. The first kappa shape index (κ1) is 12.1. The molecule has 1 unspecified atom stereocenters. The molecule has 1 aliphatic rings. The molecule has 94 valence electrons. The van der Waals surface area contributed by atoms with Crippen LogP contribution in [0.15, 0.2) is 0 Å². The summed E-state index contributed by atoms with van der Waals surface area (Å²) in [6.45, 7) is 1.04. The van der Waals surface area contributed by atoms with E-state index in [1.165, 1.54) is 0 Å². The van der Waals surface area contributed by atoms with Crippen LogP contribution in [-0.4, -0.2) is 45.8 Å². The summed E-state index contributed by atoms with van der Waals surface area (Å²) in [5.74, 6) is -1.04. The van der Waals surface area contributed by atoms with E-state index in [1.807, 2.05) is 0 Å². The molecule has 1 heterocycles. The summed E-state index contributed by atoms with van der Waals surface area (Å²) in [6, 6.07) is 0. The van der Waals surface area contributed by atoms with E-state index in [0.29, 0.717) is 38.0 Å². The number of methoxy groups -OCH3 is 1. The predicted molar refractivity (Wildman–Crippen MR) is 59.1 cm³/mol. The Kier molecular flexibility index (Phi) is 3.44. The zero-order valence-corrected chi connectivity index (χ0v) is 9.72. The molecule has 0 amide bonds. The number of aliphatic hydroxyl groups excluding tert-OH is 1. The predicted octanol–water partition coefficient (Wildman–Crippen LogP) is 0.0773. The van der Waals surface area contributed by atoms with Crippen molar-refractivity contribution in [1.82, 2.24) is 9.78 Å². The second kappa shape index (κ2) is 4.85. The second-order valence-electron chi connectivity index (χ2n) is 4.19. The summed E-state index contributed by atoms with van der Waals surface area (Å²) in [4.78, 5) is 11.1. The number of nitrogens with zero attached hydrogens (tertiary/aromatic N) is 2. The molecular formula is C11H16N2O4. The summed E-state index contributed by atoms with van der Waals surface area (Å²) in [6.07, 6.45) is 1.25. The number of carboxylic acid groups (broad SMARTS) is 1. The minimum atomic E-state index is -1.04. The molecule has 0 aromatic carbocycles. The lowest BCUT2D eigenvalue weighted by Gasteiger charge is -2.18. The van der Waals surface area contributed by atoms with Crippen molar-refractivity contribution in [2.24, 2.45) is 0 Å². The molecule has 0 saturated carbocycles. The Balaban J connectivity index is 2.35. The lowest BCUT2D eigenvalue weighted by Crippen LogP contribution is -2.21. The molecule has 0 saturated heterocycles. The van der Waals surface area contributed by atoms with Crippen LogP contribution in [0.4, 0.5) is 0 Å². The fraction of sp³-hybridized carbons (Fsp3) is 0.636. The number of fused-ring (bicyclic) bond motifs is 1. The number of aromatic carboxylic acids is 1. The van der Waals surface area contributed by atoms with E-state index in [1.54, 1.807) is 11.8 Å². The Morgan fingerprint density at radius 2 is 2.41 bits per heavy atom. The molecule has 17 heavy (non-hydrogen) atoms. The van der Waals surface area contributed by atoms with Crippen molar-refractivity contribution in [2.45, 2.75) is 31.9 Å². The van der Waals surface area contributed by atoms with Crippen LogP contribution >= 0.6 is 0 Å². The van der Waals surface area contributed by atoms with Crippen LogP contribution in [0.1, 0.15) is 28.2 Å². The molecule has 6 nitrogen and oxygen atoms in total. The first-order valence-corrected chi connectivity index (χ1v) is 5.62. The molecule has 0 bridgehead atoms. The van der Waals surface area contributed by atoms with Gasteiger partial charge in [0.2, 0.25) is 0 Å². The standard InChI is InChI=1S/C11H16N2O4/c1-17-5-4-13-9-3-2-7(14)6-8(9)10(12-13)11(15)16/h7,14H,2-6H2,1H3,(H,15,16). The number of carbonyl (C=O) groups is 1. The van der Waals surface area contributed by atoms with Crippen molar-refractivity contribution < 1.29 is 19.7 Å². The minimum Gasteiger partial charge on any atom is -0.476 e. The lowest BCUT2D eigenvalue weighted by atomic mass is 9.93. The average Bonchev–Trinajstić information content (AvgIpc) is 2.64. The van der Waals surface area contributed by atoms with Gasteiger partial charge >= 0.3 is 5.97 Å². The Bertz CT molecular complexity index is 427. The number of aliphatic hydroxyl groups is 1. The summed E-state index contributed by atoms with van der Waals surface area (Å²) in [5, 5.41) is 22.8. The molecule has 6 heteroatoms. The van der Waals surface area contributed by atoms with Gasteiger partial charge < -0.3 is 14.9 Å². The van der Waals surface area contributed by atoms with Crippen molar-refractivity contribution in [3.05, 3.63) is 17.0 Å². The zero-order valence-electron chi connectivity index (χ0n) is 9.72. The summed E-state index contributed by atoms with van der Waals surface area (Å²) < 4.78 is 6.66. The Labute approximate surface area is 98.8 Å². The van der Waals surface area contributed by atoms with Crippen LogP contribution < -0.4 is 0 Å². The number of rotatable bonds is 4. The van der Waals surface area contributed by atoms with Crippen molar-refractivity contribution in [3.63, 3.8) is 0 Å². The van der Waals surface area contributed by atoms with Gasteiger partial charge in [-0.2, -0.15) is 5.10 Å². The van der Waals surface area contributed by atoms with Gasteiger partial charge in [-0.1, -0.05) is 0 Å². The van der Waals surface area contributed by atoms with E-state index in [0.717, 1.165) is 5.69 Å². The van der Waals surface area contributed by atoms with Gasteiger partial charge in [-0.15, -0.1) is 0 Å². The van der Waals surface area contributed by atoms with Crippen LogP contribution in [0.2, 0.25) is 0 Å². The van der Waals surface area contributed by atoms with E-state index in [9.17, 15) is 9.90 Å². The maximum absolute atomic E-state index is 11.1. The van der Waals surface area contributed by atoms with Crippen LogP contribution in [0.3, 0.4) is 0 Å². The third-order valence-electron chi connectivity index (χ3n) is 3.03. The van der Waals surface area contributed by atoms with Gasteiger partial charge in [-0.3, -0.25) is 4.68 Å². The van der Waals surface area contributed by atoms with Crippen LogP contribution in [-0.2, 0) is 24.1 Å². The zero-order chi connectivity index (χ0) is 12.4. The highest BCUT2D eigenvalue weighted by molar-refractivity contribution is 5.87. The fourth-order valence-electron chi connectivity index (χ4n) is 2.20. The normalized spacial score (nSPS) is 19.1. The minimum absolute atomic E-state index is 0.0647. The van der Waals surface area contributed by atoms with Crippen LogP contribution in [0, 0.1) is 0 Å². The van der Waals surface area contributed by atoms with Crippen LogP contribution in [0.5, 0.6) is 0 Å². The molecule has 0 spiro atoms. The molecule has 0 radical (unpaired) electrons. The first-order valence-electron chi connectivity index (χ1n) is 5.62. The summed E-state index contributed by atoms with van der Waals surface area (Å²) in [7, 11) is 1.60. The van der Waals surface area contributed by atoms with Gasteiger partial charge in [-0.25, -0.2) is 4.79 Å². The number of ether oxygens (including phenoxy) is 1. The van der Waals surface area contributed by atoms with E-state index >= 15 is 0 Å². The van der Waals surface area contributed by atoms with Gasteiger partial charge in [-0.05, 0) is 12.8 Å². The highest BCUT2D eigenvalue weighted by Gasteiger charge is 2.27. The van der Waals surface area contributed by atoms with Gasteiger partial charge in [0.05, 0.1) is 19.3 Å². The maximum Gasteiger partial charge on any atom is 0.356 e. The highest BCUT2D eigenvalue weighted by atomic mass is 16.5. The Morgan fingerprint density at radius 3 is 3.06 bits per heavy atom. The second-order valence-corrected chi connectivity index (χ2v) is 4.19. The molecular weight excluding hydrogens is 224 g/mol. The maximum atomic E-state index is 11.1. The van der Waals surface area contributed by atoms with Gasteiger partial charge in [0.15, 0.2) is 5.69 Å². The molecule has 0 aliphatic heterocycles. The largest absolute Gasteiger partial charge is 0.476 e. The van der Waals surface area contributed by atoms with E-state index < -0.39 is 12.1 Å². The number of carboxylic acids is 1. The van der Waals surface area contributed by atoms with Gasteiger partial charge in [0, 0.05) is 24.8 Å². The first-order chi connectivity index (χ1) is 8.13. The topological polar surface area (TPSA) is 84.6 Å². The number of hydrogen-bond acceptors (Lipinski definition) is 4. The fourth-order valence-corrected chi connectivity index (χ4v) is 2.20. The molecule has 2 N–H and O–H groups in total. The SMILES string of the molecule is COCCn1nc(C(=O)O)c2c1CCC(O)C2. The van der Waals surface area contributed by atoms with E-state index in [2.05, 4.69) is 5.10 Å². The van der Waals surface area contributed by atoms with Crippen molar-refractivity contribution >= 4 is 5.97 Å². The van der Waals surface area contributed by atoms with Crippen LogP contribution in [0.25, 0.3) is 0 Å². The lowest BCUT2D eigenvalue weighted by molar-refractivity contribution is 0.0686. The summed E-state index contributed by atoms with van der Waals surface area (Å²) >= 11 is 0. The van der Waals surface area contributed by atoms with Crippen molar-refractivity contribution in [2.75, 3.05) is 13.7 Å². The number of aromatic nitrogens is 2. The number of hydrogen-bond donors (Lipinski definition) is 2. The third kappa shape index (κ3) is 2.32. The molecule has 1 aromatic heterocycles. The molecule has 1 atom stereocenters. The Morgan fingerprint density at radius 1 is 1.65 bits per heavy atom. The molecule has 0 fully saturated rings. The van der Waals surface area contributed by atoms with Gasteiger partial charge in [0.1, 0.15) is 0 Å². The van der Waals surface area contributed by atoms with Crippen molar-refractivity contribution in [1.29, 1.82) is 0 Å². The highest BCUT2D eigenvalue weighted by Crippen LogP contribution is 2.24. The Hall–Kier alpha value is -1.40. The summed E-state index contributed by atoms with van der Waals surface area (Å²) in [5.41, 5.74) is 1.66. The van der Waals surface area contributed by atoms with E-state index in [-0.39, 0.29) is 5.69 Å². The van der Waals surface area contributed by atoms with Crippen molar-refractivity contribution in [3.8, 4) is 0 Å². The molecule has 2 rings (SSSR count). The average molecular weight is 240 g/mol. The third-order valence-corrected chi connectivity index (χ3v) is 3.03. The smallest absolute Gasteiger partial charge is 0.356 e. The molecule has 1 aliphatic carbocycles. The quantitative estimate of drug-likeness (QED) is 0.778. The monoisotopic (exact) mass is 240 g/mol. The van der Waals surface area contributed by atoms with E-state index in [4.69, 9.17) is 9.84 Å².